The van der Waals surface area contributed by atoms with Gasteiger partial charge in [-0.3, -0.25) is 4.79 Å². The van der Waals surface area contributed by atoms with Crippen LogP contribution in [0, 0.1) is 11.7 Å². The van der Waals surface area contributed by atoms with Crippen molar-refractivity contribution in [2.75, 3.05) is 6.54 Å². The third-order valence-electron chi connectivity index (χ3n) is 2.86. The highest BCUT2D eigenvalue weighted by atomic mass is 19.1. The zero-order valence-electron chi connectivity index (χ0n) is 9.03. The second kappa shape index (κ2) is 4.47. The first-order valence-corrected chi connectivity index (χ1v) is 5.34. The van der Waals surface area contributed by atoms with Gasteiger partial charge in [0.1, 0.15) is 5.82 Å². The van der Waals surface area contributed by atoms with E-state index in [-0.39, 0.29) is 17.6 Å². The van der Waals surface area contributed by atoms with Gasteiger partial charge in [-0.2, -0.15) is 0 Å². The molecule has 1 aromatic carbocycles. The molecule has 0 radical (unpaired) electrons. The maximum atomic E-state index is 12.7. The molecule has 1 aliphatic heterocycles. The fourth-order valence-corrected chi connectivity index (χ4v) is 1.92. The number of likely N-dealkylation sites (tertiary alicyclic amines) is 1. The van der Waals surface area contributed by atoms with Gasteiger partial charge in [-0.05, 0) is 17.7 Å². The van der Waals surface area contributed by atoms with E-state index in [0.717, 1.165) is 12.1 Å². The second-order valence-electron chi connectivity index (χ2n) is 4.10. The van der Waals surface area contributed by atoms with Crippen molar-refractivity contribution in [2.24, 2.45) is 5.92 Å². The Labute approximate surface area is 94.4 Å². The molecule has 1 heterocycles. The molecule has 1 fully saturated rings. The van der Waals surface area contributed by atoms with Crippen molar-refractivity contribution in [3.8, 4) is 0 Å². The zero-order valence-corrected chi connectivity index (χ0v) is 9.03. The van der Waals surface area contributed by atoms with Gasteiger partial charge in [-0.1, -0.05) is 18.2 Å². The fourth-order valence-electron chi connectivity index (χ4n) is 1.92. The Kier molecular flexibility index (Phi) is 3.04. The molecule has 0 N–H and O–H groups in total. The lowest BCUT2D eigenvalue weighted by Crippen LogP contribution is -2.24. The highest BCUT2D eigenvalue weighted by molar-refractivity contribution is 5.78. The van der Waals surface area contributed by atoms with Gasteiger partial charge in [0.05, 0.1) is 0 Å². The summed E-state index contributed by atoms with van der Waals surface area (Å²) in [5.41, 5.74) is 0.958. The van der Waals surface area contributed by atoms with Gasteiger partial charge in [0.15, 0.2) is 0 Å². The maximum absolute atomic E-state index is 12.7. The molecule has 0 bridgehead atoms. The number of carbonyl (C=O) groups excluding carboxylic acids is 1. The van der Waals surface area contributed by atoms with E-state index < -0.39 is 0 Å². The van der Waals surface area contributed by atoms with E-state index >= 15 is 0 Å². The maximum Gasteiger partial charge on any atom is 0.223 e. The topological polar surface area (TPSA) is 20.3 Å². The molecule has 1 unspecified atom stereocenters. The second-order valence-corrected chi connectivity index (χ2v) is 4.10. The molecule has 0 aliphatic carbocycles. The minimum atomic E-state index is -0.250. The number of hydrogen-bond acceptors (Lipinski definition) is 1. The van der Waals surface area contributed by atoms with E-state index in [1.807, 2.05) is 6.08 Å². The highest BCUT2D eigenvalue weighted by Gasteiger charge is 2.27. The van der Waals surface area contributed by atoms with Gasteiger partial charge in [0.2, 0.25) is 5.91 Å². The van der Waals surface area contributed by atoms with Crippen molar-refractivity contribution in [1.82, 2.24) is 4.90 Å². The Balaban J connectivity index is 2.02. The first-order chi connectivity index (χ1) is 7.69. The summed E-state index contributed by atoms with van der Waals surface area (Å²) in [6.45, 7) is 4.98. The van der Waals surface area contributed by atoms with Gasteiger partial charge >= 0.3 is 0 Å². The summed E-state index contributed by atoms with van der Waals surface area (Å²) in [6.07, 6.45) is 2.37. The molecule has 1 atom stereocenters. The van der Waals surface area contributed by atoms with Gasteiger partial charge < -0.3 is 4.90 Å². The summed E-state index contributed by atoms with van der Waals surface area (Å²) in [4.78, 5) is 13.4. The molecule has 84 valence electrons. The SMILES string of the molecule is C=CC1CC(=O)N(Cc2ccc(F)cc2)C1. The molecule has 1 aliphatic rings. The molecule has 0 spiro atoms. The quantitative estimate of drug-likeness (QED) is 0.715. The molecule has 2 nitrogen and oxygen atoms in total. The van der Waals surface area contributed by atoms with Crippen LogP contribution in [-0.4, -0.2) is 17.4 Å². The smallest absolute Gasteiger partial charge is 0.223 e. The average Bonchev–Trinajstić information content (AvgIpc) is 2.63. The zero-order chi connectivity index (χ0) is 11.5. The number of benzene rings is 1. The average molecular weight is 219 g/mol. The van der Waals surface area contributed by atoms with Crippen molar-refractivity contribution in [1.29, 1.82) is 0 Å². The van der Waals surface area contributed by atoms with Gasteiger partial charge in [-0.15, -0.1) is 6.58 Å². The van der Waals surface area contributed by atoms with Crippen molar-refractivity contribution in [3.05, 3.63) is 48.3 Å². The van der Waals surface area contributed by atoms with Crippen LogP contribution in [0.5, 0.6) is 0 Å². The number of hydrogen-bond donors (Lipinski definition) is 0. The van der Waals surface area contributed by atoms with Crippen molar-refractivity contribution < 1.29 is 9.18 Å². The lowest BCUT2D eigenvalue weighted by atomic mass is 10.1. The van der Waals surface area contributed by atoms with Crippen molar-refractivity contribution in [3.63, 3.8) is 0 Å². The summed E-state index contributed by atoms with van der Waals surface area (Å²) >= 11 is 0. The summed E-state index contributed by atoms with van der Waals surface area (Å²) < 4.78 is 12.7. The van der Waals surface area contributed by atoms with Crippen molar-refractivity contribution in [2.45, 2.75) is 13.0 Å². The number of amides is 1. The van der Waals surface area contributed by atoms with Crippen LogP contribution >= 0.6 is 0 Å². The van der Waals surface area contributed by atoms with Crippen LogP contribution in [0.4, 0.5) is 4.39 Å². The summed E-state index contributed by atoms with van der Waals surface area (Å²) in [7, 11) is 0. The molecule has 16 heavy (non-hydrogen) atoms. The number of nitrogens with zero attached hydrogens (tertiary/aromatic N) is 1. The van der Waals surface area contributed by atoms with Crippen LogP contribution in [0.3, 0.4) is 0 Å². The van der Waals surface area contributed by atoms with Crippen molar-refractivity contribution >= 4 is 5.91 Å². The molecule has 0 aromatic heterocycles. The largest absolute Gasteiger partial charge is 0.338 e. The molecule has 3 heteroatoms. The van der Waals surface area contributed by atoms with Crippen LogP contribution in [0.15, 0.2) is 36.9 Å². The molecule has 0 saturated carbocycles. The summed E-state index contributed by atoms with van der Waals surface area (Å²) in [5, 5.41) is 0. The molecular weight excluding hydrogens is 205 g/mol. The Bertz CT molecular complexity index is 399. The minimum Gasteiger partial charge on any atom is -0.338 e. The number of halogens is 1. The Hall–Kier alpha value is -1.64. The predicted molar refractivity (Wildman–Crippen MR) is 60.1 cm³/mol. The van der Waals surface area contributed by atoms with E-state index in [2.05, 4.69) is 6.58 Å². The monoisotopic (exact) mass is 219 g/mol. The number of carbonyl (C=O) groups is 1. The summed E-state index contributed by atoms with van der Waals surface area (Å²) in [5.74, 6) is 0.155. The lowest BCUT2D eigenvalue weighted by molar-refractivity contribution is -0.128. The highest BCUT2D eigenvalue weighted by Crippen LogP contribution is 2.20. The normalized spacial score (nSPS) is 20.2. The Morgan fingerprint density at radius 2 is 2.12 bits per heavy atom. The fraction of sp³-hybridized carbons (Fsp3) is 0.308. The van der Waals surface area contributed by atoms with Gasteiger partial charge in [0, 0.05) is 25.4 Å². The Morgan fingerprint density at radius 3 is 2.69 bits per heavy atom. The van der Waals surface area contributed by atoms with Crippen LogP contribution in [0.1, 0.15) is 12.0 Å². The first kappa shape index (κ1) is 10.9. The standard InChI is InChI=1S/C13H14FNO/c1-2-10-7-13(16)15(8-10)9-11-3-5-12(14)6-4-11/h2-6,10H,1,7-9H2. The molecule has 1 saturated heterocycles. The minimum absolute atomic E-state index is 0.147. The molecular formula is C13H14FNO. The number of rotatable bonds is 3. The van der Waals surface area contributed by atoms with Crippen LogP contribution in [0.2, 0.25) is 0 Å². The molecule has 2 rings (SSSR count). The Morgan fingerprint density at radius 1 is 1.44 bits per heavy atom. The molecule has 1 aromatic rings. The van der Waals surface area contributed by atoms with E-state index in [4.69, 9.17) is 0 Å². The molecule has 1 amide bonds. The van der Waals surface area contributed by atoms with E-state index in [1.165, 1.54) is 12.1 Å². The third-order valence-corrected chi connectivity index (χ3v) is 2.86. The van der Waals surface area contributed by atoms with Gasteiger partial charge in [-0.25, -0.2) is 4.39 Å². The van der Waals surface area contributed by atoms with Crippen LogP contribution in [-0.2, 0) is 11.3 Å². The summed E-state index contributed by atoms with van der Waals surface area (Å²) in [6, 6.07) is 6.26. The van der Waals surface area contributed by atoms with Gasteiger partial charge in [0.25, 0.3) is 0 Å². The van der Waals surface area contributed by atoms with E-state index in [1.54, 1.807) is 17.0 Å². The van der Waals surface area contributed by atoms with Crippen LogP contribution < -0.4 is 0 Å². The first-order valence-electron chi connectivity index (χ1n) is 5.34. The predicted octanol–water partition coefficient (Wildman–Crippen LogP) is 2.36. The lowest BCUT2D eigenvalue weighted by Gasteiger charge is -2.15. The van der Waals surface area contributed by atoms with E-state index in [0.29, 0.717) is 13.0 Å². The third kappa shape index (κ3) is 2.30. The van der Waals surface area contributed by atoms with Crippen LogP contribution in [0.25, 0.3) is 0 Å². The van der Waals surface area contributed by atoms with E-state index in [9.17, 15) is 9.18 Å².